The fraction of sp³-hybridized carbons (Fsp3) is 0.250. The number of nitrogens with one attached hydrogen (secondary N) is 1. The summed E-state index contributed by atoms with van der Waals surface area (Å²) in [5, 5.41) is 12.6. The Balaban J connectivity index is 1.55. The first kappa shape index (κ1) is 23.0. The van der Waals surface area contributed by atoms with E-state index in [1.54, 1.807) is 17.0 Å². The second-order valence-electron chi connectivity index (χ2n) is 7.39. The number of benzene rings is 2. The number of carbonyl (C=O) groups excluding carboxylic acids is 2. The van der Waals surface area contributed by atoms with Gasteiger partial charge in [0.25, 0.3) is 5.91 Å². The van der Waals surface area contributed by atoms with Gasteiger partial charge < -0.3 is 15.1 Å². The van der Waals surface area contributed by atoms with Gasteiger partial charge in [0.15, 0.2) is 5.13 Å². The maximum atomic E-state index is 12.6. The van der Waals surface area contributed by atoms with E-state index in [4.69, 9.17) is 5.26 Å². The molecule has 0 unspecified atom stereocenters. The molecule has 32 heavy (non-hydrogen) atoms. The number of anilines is 1. The van der Waals surface area contributed by atoms with Gasteiger partial charge in [-0.25, -0.2) is 4.98 Å². The first-order valence-electron chi connectivity index (χ1n) is 10.2. The highest BCUT2D eigenvalue weighted by atomic mass is 32.1. The summed E-state index contributed by atoms with van der Waals surface area (Å²) < 4.78 is 0. The van der Waals surface area contributed by atoms with Crippen molar-refractivity contribution in [3.05, 3.63) is 81.9 Å². The molecule has 0 saturated heterocycles. The Bertz CT molecular complexity index is 1090. The van der Waals surface area contributed by atoms with Crippen LogP contribution in [0.25, 0.3) is 0 Å². The lowest BCUT2D eigenvalue weighted by Gasteiger charge is -2.22. The highest BCUT2D eigenvalue weighted by Gasteiger charge is 2.17. The molecule has 8 heteroatoms. The van der Waals surface area contributed by atoms with Crippen molar-refractivity contribution in [2.45, 2.75) is 20.0 Å². The molecule has 2 amide bonds. The van der Waals surface area contributed by atoms with Crippen molar-refractivity contribution in [1.29, 1.82) is 5.26 Å². The summed E-state index contributed by atoms with van der Waals surface area (Å²) in [6.07, 6.45) is 0.821. The topological polar surface area (TPSA) is 89.3 Å². The molecule has 0 bridgehead atoms. The van der Waals surface area contributed by atoms with Crippen molar-refractivity contribution in [2.75, 3.05) is 25.0 Å². The van der Waals surface area contributed by atoms with Crippen molar-refractivity contribution in [3.63, 3.8) is 0 Å². The fourth-order valence-electron chi connectivity index (χ4n) is 3.08. The van der Waals surface area contributed by atoms with E-state index >= 15 is 0 Å². The van der Waals surface area contributed by atoms with Crippen LogP contribution in [0.3, 0.4) is 0 Å². The van der Waals surface area contributed by atoms with E-state index in [1.807, 2.05) is 61.3 Å². The minimum atomic E-state index is -0.140. The van der Waals surface area contributed by atoms with Crippen molar-refractivity contribution >= 4 is 28.8 Å². The molecule has 0 fully saturated rings. The summed E-state index contributed by atoms with van der Waals surface area (Å²) >= 11 is 1.34. The van der Waals surface area contributed by atoms with Crippen LogP contribution in [0.4, 0.5) is 5.13 Å². The number of carbonyl (C=O) groups is 2. The van der Waals surface area contributed by atoms with Crippen LogP contribution in [0.5, 0.6) is 0 Å². The van der Waals surface area contributed by atoms with Crippen LogP contribution in [0.1, 0.15) is 32.1 Å². The summed E-state index contributed by atoms with van der Waals surface area (Å²) in [6, 6.07) is 19.0. The van der Waals surface area contributed by atoms with Crippen LogP contribution in [-0.4, -0.2) is 42.3 Å². The minimum Gasteiger partial charge on any atom is -0.349 e. The van der Waals surface area contributed by atoms with E-state index in [0.29, 0.717) is 42.3 Å². The van der Waals surface area contributed by atoms with Crippen molar-refractivity contribution in [2.24, 2.45) is 0 Å². The van der Waals surface area contributed by atoms with Crippen LogP contribution in [0.2, 0.25) is 0 Å². The standard InChI is InChI=1S/C24H25N5O2S/c1-18-22(23(31)26-15-20-6-4-3-5-7-20)32-24(27-18)28(2)12-13-29(17-30)16-21-10-8-19(14-25)9-11-21/h3-11,17H,12-13,15-16H2,1-2H3,(H,26,31). The van der Waals surface area contributed by atoms with E-state index in [-0.39, 0.29) is 5.91 Å². The summed E-state index contributed by atoms with van der Waals surface area (Å²) in [6.45, 7) is 3.84. The van der Waals surface area contributed by atoms with Gasteiger partial charge in [-0.05, 0) is 30.2 Å². The number of likely N-dealkylation sites (N-methyl/N-ethyl adjacent to an activating group) is 1. The zero-order valence-electron chi connectivity index (χ0n) is 18.1. The Kier molecular flexibility index (Phi) is 7.95. The van der Waals surface area contributed by atoms with E-state index in [9.17, 15) is 9.59 Å². The van der Waals surface area contributed by atoms with Crippen molar-refractivity contribution in [3.8, 4) is 6.07 Å². The van der Waals surface area contributed by atoms with Gasteiger partial charge in [0.05, 0.1) is 17.3 Å². The lowest BCUT2D eigenvalue weighted by molar-refractivity contribution is -0.118. The molecule has 0 aliphatic rings. The number of amides is 2. The summed E-state index contributed by atoms with van der Waals surface area (Å²) in [7, 11) is 1.90. The Morgan fingerprint density at radius 2 is 1.84 bits per heavy atom. The Morgan fingerprint density at radius 1 is 1.12 bits per heavy atom. The lowest BCUT2D eigenvalue weighted by atomic mass is 10.1. The molecule has 0 atom stereocenters. The lowest BCUT2D eigenvalue weighted by Crippen LogP contribution is -2.32. The number of nitrogens with zero attached hydrogens (tertiary/aromatic N) is 4. The van der Waals surface area contributed by atoms with Gasteiger partial charge in [0.1, 0.15) is 4.88 Å². The summed E-state index contributed by atoms with van der Waals surface area (Å²) in [5.74, 6) is -0.140. The van der Waals surface area contributed by atoms with Crippen LogP contribution in [0.15, 0.2) is 54.6 Å². The van der Waals surface area contributed by atoms with Gasteiger partial charge in [-0.1, -0.05) is 53.8 Å². The smallest absolute Gasteiger partial charge is 0.263 e. The van der Waals surface area contributed by atoms with E-state index in [2.05, 4.69) is 16.4 Å². The zero-order valence-corrected chi connectivity index (χ0v) is 18.9. The number of thiazole rings is 1. The SMILES string of the molecule is Cc1nc(N(C)CCN(C=O)Cc2ccc(C#N)cc2)sc1C(=O)NCc1ccccc1. The highest BCUT2D eigenvalue weighted by molar-refractivity contribution is 7.17. The number of rotatable bonds is 10. The van der Waals surface area contributed by atoms with Gasteiger partial charge in [-0.15, -0.1) is 0 Å². The average molecular weight is 448 g/mol. The molecule has 3 aromatic rings. The Morgan fingerprint density at radius 3 is 2.50 bits per heavy atom. The van der Waals surface area contributed by atoms with Crippen LogP contribution >= 0.6 is 11.3 Å². The minimum absolute atomic E-state index is 0.140. The first-order valence-corrected chi connectivity index (χ1v) is 11.0. The molecular formula is C24H25N5O2S. The molecule has 0 aliphatic carbocycles. The zero-order chi connectivity index (χ0) is 22.9. The normalized spacial score (nSPS) is 10.3. The molecule has 164 valence electrons. The molecule has 1 aromatic heterocycles. The predicted molar refractivity (Wildman–Crippen MR) is 125 cm³/mol. The molecule has 0 aliphatic heterocycles. The van der Waals surface area contributed by atoms with Crippen molar-refractivity contribution in [1.82, 2.24) is 15.2 Å². The monoisotopic (exact) mass is 447 g/mol. The van der Waals surface area contributed by atoms with Crippen LogP contribution in [-0.2, 0) is 17.9 Å². The maximum absolute atomic E-state index is 12.6. The molecule has 1 N–H and O–H groups in total. The molecule has 1 heterocycles. The van der Waals surface area contributed by atoms with E-state index in [1.165, 1.54) is 11.3 Å². The molecule has 7 nitrogen and oxygen atoms in total. The quantitative estimate of drug-likeness (QED) is 0.482. The molecule has 2 aromatic carbocycles. The summed E-state index contributed by atoms with van der Waals surface area (Å²) in [5.41, 5.74) is 3.28. The molecule has 0 spiro atoms. The van der Waals surface area contributed by atoms with Gasteiger partial charge in [-0.2, -0.15) is 5.26 Å². The van der Waals surface area contributed by atoms with Crippen LogP contribution in [0, 0.1) is 18.3 Å². The first-order chi connectivity index (χ1) is 15.5. The van der Waals surface area contributed by atoms with E-state index in [0.717, 1.165) is 22.7 Å². The second-order valence-corrected chi connectivity index (χ2v) is 8.36. The number of hydrogen-bond donors (Lipinski definition) is 1. The number of hydrogen-bond acceptors (Lipinski definition) is 6. The molecule has 0 radical (unpaired) electrons. The second kappa shape index (κ2) is 11.1. The fourth-order valence-corrected chi connectivity index (χ4v) is 4.05. The van der Waals surface area contributed by atoms with Crippen LogP contribution < -0.4 is 10.2 Å². The van der Waals surface area contributed by atoms with E-state index < -0.39 is 0 Å². The van der Waals surface area contributed by atoms with Gasteiger partial charge >= 0.3 is 0 Å². The van der Waals surface area contributed by atoms with Gasteiger partial charge in [0, 0.05) is 33.2 Å². The highest BCUT2D eigenvalue weighted by Crippen LogP contribution is 2.25. The van der Waals surface area contributed by atoms with Gasteiger partial charge in [0.2, 0.25) is 6.41 Å². The molecular weight excluding hydrogens is 422 g/mol. The Labute approximate surface area is 191 Å². The molecule has 0 saturated carbocycles. The predicted octanol–water partition coefficient (Wildman–Crippen LogP) is 3.35. The number of aromatic nitrogens is 1. The molecule has 3 rings (SSSR count). The van der Waals surface area contributed by atoms with Crippen molar-refractivity contribution < 1.29 is 9.59 Å². The average Bonchev–Trinajstić information content (AvgIpc) is 3.22. The van der Waals surface area contributed by atoms with Gasteiger partial charge in [-0.3, -0.25) is 9.59 Å². The third-order valence-electron chi connectivity index (χ3n) is 4.95. The summed E-state index contributed by atoms with van der Waals surface area (Å²) in [4.78, 5) is 32.9. The largest absolute Gasteiger partial charge is 0.349 e. The number of nitriles is 1. The number of aryl methyl sites for hydroxylation is 1. The Hall–Kier alpha value is -3.70. The third-order valence-corrected chi connectivity index (χ3v) is 6.22. The third kappa shape index (κ3) is 6.15. The maximum Gasteiger partial charge on any atom is 0.263 e.